The van der Waals surface area contributed by atoms with E-state index >= 15 is 0 Å². The molecule has 0 fully saturated rings. The summed E-state index contributed by atoms with van der Waals surface area (Å²) in [6.07, 6.45) is 2.69. The van der Waals surface area contributed by atoms with Gasteiger partial charge in [0.25, 0.3) is 5.91 Å². The molecule has 1 aromatic carbocycles. The number of carbonyl (C=O) groups is 1. The number of carbonyl (C=O) groups excluding carboxylic acids is 1. The van der Waals surface area contributed by atoms with Crippen LogP contribution >= 0.6 is 11.3 Å². The molecule has 27 heavy (non-hydrogen) atoms. The van der Waals surface area contributed by atoms with Gasteiger partial charge in [0.05, 0.1) is 17.5 Å². The summed E-state index contributed by atoms with van der Waals surface area (Å²) in [6, 6.07) is 4.07. The minimum absolute atomic E-state index is 0.102. The molecule has 3 aromatic rings. The Morgan fingerprint density at radius 2 is 2.19 bits per heavy atom. The molecule has 1 aliphatic rings. The number of fused-ring (bicyclic) bond motifs is 1. The summed E-state index contributed by atoms with van der Waals surface area (Å²) < 4.78 is 29.3. The summed E-state index contributed by atoms with van der Waals surface area (Å²) in [4.78, 5) is 18.7. The fourth-order valence-corrected chi connectivity index (χ4v) is 4.32. The molecule has 9 heteroatoms. The Bertz CT molecular complexity index is 991. The van der Waals surface area contributed by atoms with E-state index in [1.807, 2.05) is 11.4 Å². The van der Waals surface area contributed by atoms with Crippen molar-refractivity contribution >= 4 is 17.2 Å². The first-order valence-electron chi connectivity index (χ1n) is 8.28. The molecule has 0 aliphatic carbocycles. The summed E-state index contributed by atoms with van der Waals surface area (Å²) in [5.74, 6) is -1.84. The maximum Gasteiger partial charge on any atom is 0.264 e. The van der Waals surface area contributed by atoms with Gasteiger partial charge in [-0.05, 0) is 30.0 Å². The van der Waals surface area contributed by atoms with Crippen molar-refractivity contribution in [2.45, 2.75) is 31.7 Å². The zero-order chi connectivity index (χ0) is 19.2. The molecule has 1 N–H and O–H groups in total. The molecular formula is C18H16F2N4O2S. The van der Waals surface area contributed by atoms with Crippen LogP contribution in [0.25, 0.3) is 0 Å². The van der Waals surface area contributed by atoms with Gasteiger partial charge in [0.15, 0.2) is 0 Å². The van der Waals surface area contributed by atoms with Crippen molar-refractivity contribution in [1.82, 2.24) is 19.7 Å². The lowest BCUT2D eigenvalue weighted by atomic mass is 9.85. The van der Waals surface area contributed by atoms with Crippen molar-refractivity contribution in [3.05, 3.63) is 69.9 Å². The zero-order valence-electron chi connectivity index (χ0n) is 14.3. The first-order valence-corrected chi connectivity index (χ1v) is 9.16. The largest absolute Gasteiger partial charge is 0.381 e. The number of thiophene rings is 1. The highest BCUT2D eigenvalue weighted by atomic mass is 32.1. The van der Waals surface area contributed by atoms with E-state index in [1.165, 1.54) is 39.6 Å². The Balaban J connectivity index is 1.75. The van der Waals surface area contributed by atoms with Gasteiger partial charge in [-0.1, -0.05) is 6.07 Å². The normalized spacial score (nSPS) is 17.0. The Hall–Kier alpha value is -2.65. The summed E-state index contributed by atoms with van der Waals surface area (Å²) in [5.41, 5.74) is -1.07. The number of halogens is 2. The standard InChI is InChI=1S/C18H16F2N4O2S/c1-11(24-7-12-4-5-27-16(12)17(24)25)18(26,8-23-10-21-9-22-23)14-3-2-13(19)6-15(14)20/h2-6,9-11,26H,7-8H2,1H3/t11-,18-/m1/s1. The number of benzene rings is 1. The number of rotatable bonds is 5. The van der Waals surface area contributed by atoms with Gasteiger partial charge < -0.3 is 10.0 Å². The number of nitrogens with zero attached hydrogens (tertiary/aromatic N) is 4. The third-order valence-corrected chi connectivity index (χ3v) is 5.91. The molecule has 3 heterocycles. The maximum atomic E-state index is 14.6. The number of aromatic nitrogens is 3. The molecule has 2 atom stereocenters. The fourth-order valence-electron chi connectivity index (χ4n) is 3.45. The quantitative estimate of drug-likeness (QED) is 0.727. The predicted octanol–water partition coefficient (Wildman–Crippen LogP) is 2.55. The summed E-state index contributed by atoms with van der Waals surface area (Å²) in [7, 11) is 0. The number of amides is 1. The summed E-state index contributed by atoms with van der Waals surface area (Å²) >= 11 is 1.33. The van der Waals surface area contributed by atoms with Crippen molar-refractivity contribution in [1.29, 1.82) is 0 Å². The first kappa shape index (κ1) is 17.7. The molecule has 0 spiro atoms. The van der Waals surface area contributed by atoms with Crippen molar-refractivity contribution in [2.24, 2.45) is 0 Å². The SMILES string of the molecule is C[C@@H](N1Cc2ccsc2C1=O)[C@](O)(Cn1cncn1)c1ccc(F)cc1F. The molecule has 4 rings (SSSR count). The molecule has 0 saturated heterocycles. The van der Waals surface area contributed by atoms with Crippen LogP contribution in [-0.2, 0) is 18.7 Å². The highest BCUT2D eigenvalue weighted by molar-refractivity contribution is 7.12. The monoisotopic (exact) mass is 390 g/mol. The Labute approximate surface area is 157 Å². The third kappa shape index (κ3) is 2.92. The van der Waals surface area contributed by atoms with E-state index < -0.39 is 23.3 Å². The molecule has 1 amide bonds. The molecule has 140 valence electrons. The van der Waals surface area contributed by atoms with Crippen LogP contribution in [0.4, 0.5) is 8.78 Å². The average Bonchev–Trinajstić information content (AvgIpc) is 3.34. The van der Waals surface area contributed by atoms with Gasteiger partial charge in [-0.15, -0.1) is 11.3 Å². The molecule has 1 aliphatic heterocycles. The molecule has 0 saturated carbocycles. The van der Waals surface area contributed by atoms with Gasteiger partial charge in [-0.25, -0.2) is 18.4 Å². The van der Waals surface area contributed by atoms with Crippen molar-refractivity contribution < 1.29 is 18.7 Å². The van der Waals surface area contributed by atoms with Crippen molar-refractivity contribution in [3.8, 4) is 0 Å². The van der Waals surface area contributed by atoms with Crippen LogP contribution in [0, 0.1) is 11.6 Å². The number of aliphatic hydroxyl groups is 1. The van der Waals surface area contributed by atoms with Crippen molar-refractivity contribution in [2.75, 3.05) is 0 Å². The van der Waals surface area contributed by atoms with Crippen LogP contribution in [-0.4, -0.2) is 36.7 Å². The highest BCUT2D eigenvalue weighted by Crippen LogP contribution is 2.37. The van der Waals surface area contributed by atoms with Crippen LogP contribution in [0.2, 0.25) is 0 Å². The van der Waals surface area contributed by atoms with E-state index in [1.54, 1.807) is 6.92 Å². The minimum Gasteiger partial charge on any atom is -0.381 e. The smallest absolute Gasteiger partial charge is 0.264 e. The van der Waals surface area contributed by atoms with Gasteiger partial charge >= 0.3 is 0 Å². The summed E-state index contributed by atoms with van der Waals surface area (Å²) in [5, 5.41) is 17.4. The molecule has 0 bridgehead atoms. The lowest BCUT2D eigenvalue weighted by Gasteiger charge is -2.39. The second kappa shape index (κ2) is 6.50. The van der Waals surface area contributed by atoms with Gasteiger partial charge in [0, 0.05) is 18.2 Å². The van der Waals surface area contributed by atoms with Crippen LogP contribution < -0.4 is 0 Å². The lowest BCUT2D eigenvalue weighted by molar-refractivity contribution is -0.0556. The third-order valence-electron chi connectivity index (χ3n) is 4.97. The van der Waals surface area contributed by atoms with E-state index in [0.29, 0.717) is 11.4 Å². The predicted molar refractivity (Wildman–Crippen MR) is 93.9 cm³/mol. The lowest BCUT2D eigenvalue weighted by Crippen LogP contribution is -2.52. The van der Waals surface area contributed by atoms with Gasteiger partial charge in [0.1, 0.15) is 29.9 Å². The Kier molecular flexibility index (Phi) is 4.27. The summed E-state index contributed by atoms with van der Waals surface area (Å²) in [6.45, 7) is 1.82. The van der Waals surface area contributed by atoms with Gasteiger partial charge in [0.2, 0.25) is 0 Å². The molecule has 0 radical (unpaired) electrons. The molecule has 2 aromatic heterocycles. The van der Waals surface area contributed by atoms with Crippen LogP contribution in [0.15, 0.2) is 42.3 Å². The number of hydrogen-bond acceptors (Lipinski definition) is 5. The van der Waals surface area contributed by atoms with Crippen LogP contribution in [0.5, 0.6) is 0 Å². The zero-order valence-corrected chi connectivity index (χ0v) is 15.2. The number of hydrogen-bond donors (Lipinski definition) is 1. The Morgan fingerprint density at radius 3 is 2.85 bits per heavy atom. The second-order valence-corrected chi connectivity index (χ2v) is 7.44. The van der Waals surface area contributed by atoms with E-state index in [2.05, 4.69) is 10.1 Å². The van der Waals surface area contributed by atoms with E-state index in [9.17, 15) is 18.7 Å². The van der Waals surface area contributed by atoms with Gasteiger partial charge in [-0.2, -0.15) is 5.10 Å². The Morgan fingerprint density at radius 1 is 1.37 bits per heavy atom. The highest BCUT2D eigenvalue weighted by Gasteiger charge is 2.46. The fraction of sp³-hybridized carbons (Fsp3) is 0.278. The molecule has 6 nitrogen and oxygen atoms in total. The van der Waals surface area contributed by atoms with Crippen molar-refractivity contribution in [3.63, 3.8) is 0 Å². The van der Waals surface area contributed by atoms with Gasteiger partial charge in [-0.3, -0.25) is 4.79 Å². The maximum absolute atomic E-state index is 14.6. The topological polar surface area (TPSA) is 71.2 Å². The van der Waals surface area contributed by atoms with E-state index in [4.69, 9.17) is 0 Å². The molecule has 0 unspecified atom stereocenters. The average molecular weight is 390 g/mol. The van der Waals surface area contributed by atoms with E-state index in [0.717, 1.165) is 17.7 Å². The first-order chi connectivity index (χ1) is 12.9. The molecular weight excluding hydrogens is 374 g/mol. The van der Waals surface area contributed by atoms with E-state index in [-0.39, 0.29) is 18.0 Å². The minimum atomic E-state index is -1.84. The second-order valence-electron chi connectivity index (χ2n) is 6.53. The van der Waals surface area contributed by atoms with Crippen LogP contribution in [0.3, 0.4) is 0 Å². The van der Waals surface area contributed by atoms with Crippen LogP contribution in [0.1, 0.15) is 27.7 Å².